The molecule has 0 unspecified atom stereocenters. The van der Waals surface area contributed by atoms with Gasteiger partial charge in [0.15, 0.2) is 5.13 Å². The van der Waals surface area contributed by atoms with Gasteiger partial charge in [-0.15, -0.1) is 11.3 Å². The summed E-state index contributed by atoms with van der Waals surface area (Å²) in [5.74, 6) is -2.07. The summed E-state index contributed by atoms with van der Waals surface area (Å²) in [5, 5.41) is 7.86. The van der Waals surface area contributed by atoms with Gasteiger partial charge in [-0.25, -0.2) is 13.8 Å². The Labute approximate surface area is 174 Å². The number of aromatic nitrogens is 1. The van der Waals surface area contributed by atoms with E-state index in [4.69, 9.17) is 11.6 Å². The van der Waals surface area contributed by atoms with Crippen molar-refractivity contribution in [2.45, 2.75) is 19.4 Å². The normalized spacial score (nSPS) is 10.6. The summed E-state index contributed by atoms with van der Waals surface area (Å²) >= 11 is 7.04. The third kappa shape index (κ3) is 5.82. The van der Waals surface area contributed by atoms with E-state index in [1.54, 1.807) is 29.6 Å². The quantitative estimate of drug-likeness (QED) is 0.570. The van der Waals surface area contributed by atoms with Gasteiger partial charge in [0.1, 0.15) is 11.6 Å². The summed E-state index contributed by atoms with van der Waals surface area (Å²) < 4.78 is 27.1. The first kappa shape index (κ1) is 20.9. The van der Waals surface area contributed by atoms with Gasteiger partial charge in [0.25, 0.3) is 5.91 Å². The van der Waals surface area contributed by atoms with Crippen LogP contribution in [-0.2, 0) is 17.8 Å². The smallest absolute Gasteiger partial charge is 0.257 e. The lowest BCUT2D eigenvalue weighted by atomic mass is 10.2. The van der Waals surface area contributed by atoms with Gasteiger partial charge in [-0.2, -0.15) is 0 Å². The summed E-state index contributed by atoms with van der Waals surface area (Å²) in [5.41, 5.74) is 0.904. The molecule has 0 bridgehead atoms. The number of amides is 2. The zero-order valence-corrected chi connectivity index (χ0v) is 16.6. The molecule has 0 atom stereocenters. The van der Waals surface area contributed by atoms with Crippen LogP contribution in [0.5, 0.6) is 0 Å². The highest BCUT2D eigenvalue weighted by molar-refractivity contribution is 7.14. The van der Waals surface area contributed by atoms with Gasteiger partial charge in [-0.3, -0.25) is 14.9 Å². The average molecular weight is 436 g/mol. The molecule has 9 heteroatoms. The minimum absolute atomic E-state index is 0.102. The van der Waals surface area contributed by atoms with E-state index in [0.29, 0.717) is 27.8 Å². The van der Waals surface area contributed by atoms with Gasteiger partial charge in [-0.1, -0.05) is 17.7 Å². The first-order valence-electron chi connectivity index (χ1n) is 8.63. The van der Waals surface area contributed by atoms with Crippen molar-refractivity contribution in [2.75, 3.05) is 5.32 Å². The second-order valence-corrected chi connectivity index (χ2v) is 7.38. The summed E-state index contributed by atoms with van der Waals surface area (Å²) in [4.78, 5) is 28.4. The van der Waals surface area contributed by atoms with Crippen molar-refractivity contribution in [1.82, 2.24) is 10.3 Å². The topological polar surface area (TPSA) is 71.1 Å². The molecule has 2 aromatic carbocycles. The largest absolute Gasteiger partial charge is 0.352 e. The van der Waals surface area contributed by atoms with Crippen LogP contribution in [0.25, 0.3) is 0 Å². The summed E-state index contributed by atoms with van der Waals surface area (Å²) in [6.07, 6.45) is 0.434. The number of hydrogen-bond acceptors (Lipinski definition) is 4. The van der Waals surface area contributed by atoms with E-state index < -0.39 is 11.6 Å². The first-order chi connectivity index (χ1) is 13.9. The van der Waals surface area contributed by atoms with E-state index in [-0.39, 0.29) is 30.3 Å². The summed E-state index contributed by atoms with van der Waals surface area (Å²) in [6, 6.07) is 10.00. The maximum Gasteiger partial charge on any atom is 0.257 e. The molecule has 0 spiro atoms. The van der Waals surface area contributed by atoms with Gasteiger partial charge >= 0.3 is 0 Å². The predicted molar refractivity (Wildman–Crippen MR) is 108 cm³/mol. The molecule has 0 saturated carbocycles. The minimum Gasteiger partial charge on any atom is -0.352 e. The molecule has 5 nitrogen and oxygen atoms in total. The van der Waals surface area contributed by atoms with Gasteiger partial charge < -0.3 is 5.32 Å². The van der Waals surface area contributed by atoms with Crippen LogP contribution in [0.15, 0.2) is 47.8 Å². The number of hydrogen-bond donors (Lipinski definition) is 2. The van der Waals surface area contributed by atoms with Crippen LogP contribution in [0.1, 0.15) is 28.0 Å². The van der Waals surface area contributed by atoms with Crippen LogP contribution in [0.3, 0.4) is 0 Å². The van der Waals surface area contributed by atoms with Crippen LogP contribution in [0.2, 0.25) is 5.02 Å². The molecule has 3 rings (SSSR count). The first-order valence-corrected chi connectivity index (χ1v) is 9.89. The van der Waals surface area contributed by atoms with Gasteiger partial charge in [-0.05, 0) is 42.8 Å². The van der Waals surface area contributed by atoms with Crippen LogP contribution in [0.4, 0.5) is 13.9 Å². The van der Waals surface area contributed by atoms with E-state index in [1.807, 2.05) is 0 Å². The molecule has 1 aromatic heterocycles. The average Bonchev–Trinajstić information content (AvgIpc) is 3.14. The maximum atomic E-state index is 13.6. The van der Waals surface area contributed by atoms with E-state index in [9.17, 15) is 18.4 Å². The Morgan fingerprint density at radius 2 is 1.76 bits per heavy atom. The van der Waals surface area contributed by atoms with E-state index in [2.05, 4.69) is 15.6 Å². The number of nitrogens with one attached hydrogen (secondary N) is 2. The molecular weight excluding hydrogens is 420 g/mol. The third-order valence-corrected chi connectivity index (χ3v) is 5.07. The van der Waals surface area contributed by atoms with Crippen molar-refractivity contribution in [1.29, 1.82) is 0 Å². The number of nitrogens with zero attached hydrogens (tertiary/aromatic N) is 1. The third-order valence-electron chi connectivity index (χ3n) is 4.01. The number of anilines is 1. The number of carbonyl (C=O) groups is 2. The van der Waals surface area contributed by atoms with Gasteiger partial charge in [0.05, 0.1) is 5.69 Å². The molecule has 2 amide bonds. The van der Waals surface area contributed by atoms with Crippen LogP contribution in [-0.4, -0.2) is 16.8 Å². The second-order valence-electron chi connectivity index (χ2n) is 6.08. The van der Waals surface area contributed by atoms with Gasteiger partial charge in [0.2, 0.25) is 5.91 Å². The van der Waals surface area contributed by atoms with Crippen molar-refractivity contribution in [2.24, 2.45) is 0 Å². The molecular formula is C20H16ClF2N3O2S. The molecule has 0 saturated heterocycles. The Morgan fingerprint density at radius 3 is 2.45 bits per heavy atom. The maximum absolute atomic E-state index is 13.6. The van der Waals surface area contributed by atoms with Crippen molar-refractivity contribution < 1.29 is 18.4 Å². The van der Waals surface area contributed by atoms with E-state index in [1.165, 1.54) is 17.4 Å². The fraction of sp³-hybridized carbons (Fsp3) is 0.150. The second kappa shape index (κ2) is 9.58. The molecule has 3 aromatic rings. The number of aryl methyl sites for hydroxylation is 1. The zero-order valence-electron chi connectivity index (χ0n) is 15.0. The molecule has 0 radical (unpaired) electrons. The van der Waals surface area contributed by atoms with E-state index in [0.717, 1.165) is 12.1 Å². The number of carbonyl (C=O) groups excluding carboxylic acids is 2. The standard InChI is InChI=1S/C20H16ClF2N3O2S/c21-13-6-4-12(5-7-13)19(28)26-20-25-14(11-29-20)8-9-18(27)24-10-15-16(22)2-1-3-17(15)23/h1-7,11H,8-10H2,(H,24,27)(H,25,26,28). The van der Waals surface area contributed by atoms with Crippen molar-refractivity contribution >= 4 is 39.9 Å². The Kier molecular flexibility index (Phi) is 6.90. The monoisotopic (exact) mass is 435 g/mol. The van der Waals surface area contributed by atoms with Crippen molar-refractivity contribution in [3.63, 3.8) is 0 Å². The van der Waals surface area contributed by atoms with Gasteiger partial charge in [0, 0.05) is 34.5 Å². The highest BCUT2D eigenvalue weighted by Gasteiger charge is 2.12. The van der Waals surface area contributed by atoms with Crippen LogP contribution < -0.4 is 10.6 Å². The summed E-state index contributed by atoms with van der Waals surface area (Å²) in [6.45, 7) is -0.225. The molecule has 0 fully saturated rings. The number of thiazole rings is 1. The Hall–Kier alpha value is -2.84. The molecule has 1 heterocycles. The van der Waals surface area contributed by atoms with Crippen molar-refractivity contribution in [3.05, 3.63) is 81.3 Å². The fourth-order valence-corrected chi connectivity index (χ4v) is 3.33. The lowest BCUT2D eigenvalue weighted by molar-refractivity contribution is -0.121. The fourth-order valence-electron chi connectivity index (χ4n) is 2.47. The Balaban J connectivity index is 1.48. The predicted octanol–water partition coefficient (Wildman–Crippen LogP) is 4.58. The molecule has 0 aliphatic carbocycles. The minimum atomic E-state index is -0.703. The molecule has 150 valence electrons. The SMILES string of the molecule is O=C(CCc1csc(NC(=O)c2ccc(Cl)cc2)n1)NCc1c(F)cccc1F. The lowest BCUT2D eigenvalue weighted by Crippen LogP contribution is -2.24. The number of halogens is 3. The molecule has 0 aliphatic rings. The van der Waals surface area contributed by atoms with Crippen molar-refractivity contribution in [3.8, 4) is 0 Å². The molecule has 29 heavy (non-hydrogen) atoms. The van der Waals surface area contributed by atoms with Crippen LogP contribution >= 0.6 is 22.9 Å². The van der Waals surface area contributed by atoms with E-state index >= 15 is 0 Å². The highest BCUT2D eigenvalue weighted by atomic mass is 35.5. The number of rotatable bonds is 7. The molecule has 2 N–H and O–H groups in total. The molecule has 0 aliphatic heterocycles. The zero-order chi connectivity index (χ0) is 20.8. The lowest BCUT2D eigenvalue weighted by Gasteiger charge is -2.07. The summed E-state index contributed by atoms with van der Waals surface area (Å²) in [7, 11) is 0. The van der Waals surface area contributed by atoms with Crippen LogP contribution in [0, 0.1) is 11.6 Å². The highest BCUT2D eigenvalue weighted by Crippen LogP contribution is 2.18. The Bertz CT molecular complexity index is 1000. The Morgan fingerprint density at radius 1 is 1.07 bits per heavy atom. The number of benzene rings is 2.